The van der Waals surface area contributed by atoms with Crippen molar-refractivity contribution in [3.63, 3.8) is 0 Å². The Morgan fingerprint density at radius 3 is 2.29 bits per heavy atom. The van der Waals surface area contributed by atoms with Gasteiger partial charge in [0.25, 0.3) is 0 Å². The van der Waals surface area contributed by atoms with Crippen molar-refractivity contribution in [3.8, 4) is 16.9 Å². The third-order valence-electron chi connectivity index (χ3n) is 4.21. The van der Waals surface area contributed by atoms with Crippen molar-refractivity contribution in [2.45, 2.75) is 0 Å². The number of nitrogens with zero attached hydrogens (tertiary/aromatic N) is 2. The normalized spacial score (nSPS) is 14.5. The van der Waals surface area contributed by atoms with Gasteiger partial charge < -0.3 is 14.9 Å². The maximum absolute atomic E-state index is 11.6. The van der Waals surface area contributed by atoms with Crippen LogP contribution in [0.2, 0.25) is 5.02 Å². The summed E-state index contributed by atoms with van der Waals surface area (Å²) in [4.78, 5) is 15.7. The lowest BCUT2D eigenvalue weighted by Crippen LogP contribution is -2.48. The van der Waals surface area contributed by atoms with Crippen molar-refractivity contribution in [1.29, 1.82) is 0 Å². The Hall–Kier alpha value is -2.46. The van der Waals surface area contributed by atoms with Gasteiger partial charge in [0.05, 0.1) is 0 Å². The first kappa shape index (κ1) is 16.4. The van der Waals surface area contributed by atoms with Crippen molar-refractivity contribution in [2.24, 2.45) is 0 Å². The van der Waals surface area contributed by atoms with Gasteiger partial charge in [0.15, 0.2) is 0 Å². The summed E-state index contributed by atoms with van der Waals surface area (Å²) < 4.78 is 0. The number of carbonyl (C=O) groups is 1. The lowest BCUT2D eigenvalue weighted by molar-refractivity contribution is -0.126. The monoisotopic (exact) mass is 342 g/mol. The molecule has 0 aromatic heterocycles. The van der Waals surface area contributed by atoms with Crippen LogP contribution >= 0.6 is 11.6 Å². The second kappa shape index (κ2) is 6.97. The van der Waals surface area contributed by atoms with E-state index in [1.165, 1.54) is 12.1 Å². The highest BCUT2D eigenvalue weighted by molar-refractivity contribution is 6.31. The Bertz CT molecular complexity index is 730. The number of benzene rings is 2. The molecule has 0 unspecified atom stereocenters. The van der Waals surface area contributed by atoms with Gasteiger partial charge in [-0.3, -0.25) is 4.79 Å². The zero-order valence-corrected chi connectivity index (χ0v) is 14.0. The minimum atomic E-state index is -0.00855. The molecular formula is C19H19ClN2O2. The number of rotatable bonds is 3. The molecule has 5 heteroatoms. The molecule has 1 amide bonds. The largest absolute Gasteiger partial charge is 0.508 e. The molecule has 1 saturated heterocycles. The first-order chi connectivity index (χ1) is 11.6. The van der Waals surface area contributed by atoms with Gasteiger partial charge in [-0.15, -0.1) is 0 Å². The maximum Gasteiger partial charge on any atom is 0.246 e. The summed E-state index contributed by atoms with van der Waals surface area (Å²) in [6, 6.07) is 13.2. The number of amides is 1. The van der Waals surface area contributed by atoms with Gasteiger partial charge in [-0.05, 0) is 47.5 Å². The van der Waals surface area contributed by atoms with Crippen LogP contribution in [0.15, 0.2) is 55.1 Å². The molecule has 3 rings (SSSR count). The van der Waals surface area contributed by atoms with Gasteiger partial charge in [0, 0.05) is 36.9 Å². The molecule has 0 aliphatic carbocycles. The smallest absolute Gasteiger partial charge is 0.246 e. The first-order valence-electron chi connectivity index (χ1n) is 7.83. The van der Waals surface area contributed by atoms with Crippen molar-refractivity contribution >= 4 is 23.2 Å². The van der Waals surface area contributed by atoms with Crippen LogP contribution in [-0.4, -0.2) is 42.1 Å². The van der Waals surface area contributed by atoms with E-state index < -0.39 is 0 Å². The Morgan fingerprint density at radius 2 is 1.71 bits per heavy atom. The molecule has 124 valence electrons. The quantitative estimate of drug-likeness (QED) is 0.867. The van der Waals surface area contributed by atoms with E-state index in [0.29, 0.717) is 18.1 Å². The van der Waals surface area contributed by atoms with Gasteiger partial charge in [0.2, 0.25) is 5.91 Å². The summed E-state index contributed by atoms with van der Waals surface area (Å²) in [7, 11) is 0. The molecule has 24 heavy (non-hydrogen) atoms. The predicted octanol–water partition coefficient (Wildman–Crippen LogP) is 3.55. The molecule has 1 fully saturated rings. The lowest BCUT2D eigenvalue weighted by atomic mass is 10.0. The fourth-order valence-corrected chi connectivity index (χ4v) is 3.15. The number of hydrogen-bond donors (Lipinski definition) is 1. The molecular weight excluding hydrogens is 324 g/mol. The molecule has 2 aromatic carbocycles. The van der Waals surface area contributed by atoms with Crippen molar-refractivity contribution in [3.05, 3.63) is 60.1 Å². The van der Waals surface area contributed by atoms with Crippen molar-refractivity contribution in [1.82, 2.24) is 4.90 Å². The number of carbonyl (C=O) groups excluding carboxylic acids is 1. The molecule has 0 bridgehead atoms. The lowest BCUT2D eigenvalue weighted by Gasteiger charge is -2.35. The van der Waals surface area contributed by atoms with E-state index in [0.717, 1.165) is 29.9 Å². The highest BCUT2D eigenvalue weighted by Gasteiger charge is 2.19. The molecule has 1 aliphatic rings. The number of anilines is 1. The molecule has 1 N–H and O–H groups in total. The van der Waals surface area contributed by atoms with E-state index in [1.54, 1.807) is 6.07 Å². The number of piperazine rings is 1. The third kappa shape index (κ3) is 3.54. The zero-order valence-electron chi connectivity index (χ0n) is 13.3. The topological polar surface area (TPSA) is 43.8 Å². The summed E-state index contributed by atoms with van der Waals surface area (Å²) in [5.41, 5.74) is 3.00. The minimum absolute atomic E-state index is 0.00855. The van der Waals surface area contributed by atoms with Gasteiger partial charge in [-0.2, -0.15) is 0 Å². The summed E-state index contributed by atoms with van der Waals surface area (Å²) in [5.74, 6) is 0.148. The standard InChI is InChI=1S/C19H19ClN2O2/c1-2-19(24)22-9-7-21(8-10-22)17-5-3-14(4-6-17)15-11-16(20)13-18(23)12-15/h2-6,11-13,23H,1,7-10H2. The Balaban J connectivity index is 1.71. The number of phenols is 1. The van der Waals surface area contributed by atoms with Crippen LogP contribution in [0.25, 0.3) is 11.1 Å². The first-order valence-corrected chi connectivity index (χ1v) is 8.21. The number of halogens is 1. The van der Waals surface area contributed by atoms with Crippen LogP contribution in [0.4, 0.5) is 5.69 Å². The molecule has 0 atom stereocenters. The van der Waals surface area contributed by atoms with E-state index in [1.807, 2.05) is 23.1 Å². The molecule has 2 aromatic rings. The Morgan fingerprint density at radius 1 is 1.04 bits per heavy atom. The average molecular weight is 343 g/mol. The number of phenolic OH excluding ortho intramolecular Hbond substituents is 1. The van der Waals surface area contributed by atoms with Crippen molar-refractivity contribution in [2.75, 3.05) is 31.1 Å². The van der Waals surface area contributed by atoms with Gasteiger partial charge in [0.1, 0.15) is 5.75 Å². The number of aromatic hydroxyl groups is 1. The predicted molar refractivity (Wildman–Crippen MR) is 97.5 cm³/mol. The summed E-state index contributed by atoms with van der Waals surface area (Å²) >= 11 is 6.00. The van der Waals surface area contributed by atoms with E-state index in [4.69, 9.17) is 11.6 Å². The second-order valence-corrected chi connectivity index (χ2v) is 6.20. The SMILES string of the molecule is C=CC(=O)N1CCN(c2ccc(-c3cc(O)cc(Cl)c3)cc2)CC1. The van der Waals surface area contributed by atoms with Crippen LogP contribution in [0.3, 0.4) is 0 Å². The maximum atomic E-state index is 11.6. The highest BCUT2D eigenvalue weighted by atomic mass is 35.5. The fourth-order valence-electron chi connectivity index (χ4n) is 2.92. The molecule has 0 spiro atoms. The van der Waals surface area contributed by atoms with E-state index in [2.05, 4.69) is 23.6 Å². The minimum Gasteiger partial charge on any atom is -0.508 e. The summed E-state index contributed by atoms with van der Waals surface area (Å²) in [6.45, 7) is 6.54. The van der Waals surface area contributed by atoms with Gasteiger partial charge in [-0.1, -0.05) is 30.3 Å². The second-order valence-electron chi connectivity index (χ2n) is 5.76. The van der Waals surface area contributed by atoms with E-state index in [-0.39, 0.29) is 11.7 Å². The van der Waals surface area contributed by atoms with E-state index in [9.17, 15) is 9.90 Å². The fraction of sp³-hybridized carbons (Fsp3) is 0.211. The zero-order chi connectivity index (χ0) is 17.1. The highest BCUT2D eigenvalue weighted by Crippen LogP contribution is 2.29. The molecule has 1 heterocycles. The Kier molecular flexibility index (Phi) is 4.76. The Labute approximate surface area is 146 Å². The molecule has 0 radical (unpaired) electrons. The van der Waals surface area contributed by atoms with Crippen LogP contribution in [-0.2, 0) is 4.79 Å². The van der Waals surface area contributed by atoms with E-state index >= 15 is 0 Å². The van der Waals surface area contributed by atoms with Crippen LogP contribution in [0.1, 0.15) is 0 Å². The average Bonchev–Trinajstić information content (AvgIpc) is 2.60. The molecule has 1 aliphatic heterocycles. The molecule has 0 saturated carbocycles. The van der Waals surface area contributed by atoms with Crippen LogP contribution in [0, 0.1) is 0 Å². The van der Waals surface area contributed by atoms with Crippen LogP contribution in [0.5, 0.6) is 5.75 Å². The van der Waals surface area contributed by atoms with Crippen molar-refractivity contribution < 1.29 is 9.90 Å². The summed E-state index contributed by atoms with van der Waals surface area (Å²) in [5, 5.41) is 10.2. The summed E-state index contributed by atoms with van der Waals surface area (Å²) in [6.07, 6.45) is 1.37. The third-order valence-corrected chi connectivity index (χ3v) is 4.43. The van der Waals surface area contributed by atoms with Gasteiger partial charge in [-0.25, -0.2) is 0 Å². The molecule has 4 nitrogen and oxygen atoms in total. The number of hydrogen-bond acceptors (Lipinski definition) is 3. The van der Waals surface area contributed by atoms with Crippen LogP contribution < -0.4 is 4.90 Å². The van der Waals surface area contributed by atoms with Gasteiger partial charge >= 0.3 is 0 Å².